The Kier molecular flexibility index (Phi) is 5.70. The van der Waals surface area contributed by atoms with Gasteiger partial charge in [0.25, 0.3) is 0 Å². The quantitative estimate of drug-likeness (QED) is 0.846. The van der Waals surface area contributed by atoms with Crippen LogP contribution >= 0.6 is 11.6 Å². The molecule has 0 bridgehead atoms. The number of anilines is 1. The fraction of sp³-hybridized carbons (Fsp3) is 0.625. The molecule has 1 heterocycles. The highest BCUT2D eigenvalue weighted by Crippen LogP contribution is 2.30. The molecule has 0 radical (unpaired) electrons. The van der Waals surface area contributed by atoms with Gasteiger partial charge in [0.05, 0.1) is 0 Å². The summed E-state index contributed by atoms with van der Waals surface area (Å²) >= 11 is 6.44. The summed E-state index contributed by atoms with van der Waals surface area (Å²) in [5, 5.41) is 13.5. The van der Waals surface area contributed by atoms with Crippen LogP contribution in [0.3, 0.4) is 0 Å². The standard InChI is InChI=1S/C16H25ClN2O/c1-3-7-18-12(2)15-5-4-14(9-16(15)17)19-8-6-13(10-19)11-20/h4-5,9,12-13,18,20H,3,6-8,10-11H2,1-2H3. The topological polar surface area (TPSA) is 35.5 Å². The van der Waals surface area contributed by atoms with Crippen molar-refractivity contribution in [3.8, 4) is 0 Å². The van der Waals surface area contributed by atoms with Crippen molar-refractivity contribution in [3.63, 3.8) is 0 Å². The van der Waals surface area contributed by atoms with Crippen LogP contribution in [-0.2, 0) is 0 Å². The minimum atomic E-state index is 0.278. The first kappa shape index (κ1) is 15.6. The number of hydrogen-bond acceptors (Lipinski definition) is 3. The van der Waals surface area contributed by atoms with Crippen molar-refractivity contribution in [2.75, 3.05) is 31.1 Å². The molecule has 0 amide bonds. The van der Waals surface area contributed by atoms with Crippen LogP contribution in [-0.4, -0.2) is 31.3 Å². The second-order valence-electron chi connectivity index (χ2n) is 5.66. The molecule has 1 aliphatic rings. The maximum atomic E-state index is 9.22. The molecule has 0 spiro atoms. The second-order valence-corrected chi connectivity index (χ2v) is 6.07. The molecular weight excluding hydrogens is 272 g/mol. The Labute approximate surface area is 126 Å². The van der Waals surface area contributed by atoms with E-state index in [-0.39, 0.29) is 12.6 Å². The molecule has 0 aromatic heterocycles. The fourth-order valence-corrected chi connectivity index (χ4v) is 3.09. The van der Waals surface area contributed by atoms with E-state index in [9.17, 15) is 5.11 Å². The third kappa shape index (κ3) is 3.66. The van der Waals surface area contributed by atoms with Crippen LogP contribution in [0.25, 0.3) is 0 Å². The SMILES string of the molecule is CCCNC(C)c1ccc(N2CCC(CO)C2)cc1Cl. The molecule has 1 aliphatic heterocycles. The number of nitrogens with zero attached hydrogens (tertiary/aromatic N) is 1. The third-order valence-electron chi connectivity index (χ3n) is 4.06. The van der Waals surface area contributed by atoms with Crippen LogP contribution < -0.4 is 10.2 Å². The van der Waals surface area contributed by atoms with E-state index >= 15 is 0 Å². The van der Waals surface area contributed by atoms with Crippen LogP contribution in [0.5, 0.6) is 0 Å². The average molecular weight is 297 g/mol. The lowest BCUT2D eigenvalue weighted by Gasteiger charge is -2.21. The largest absolute Gasteiger partial charge is 0.396 e. The number of rotatable bonds is 6. The van der Waals surface area contributed by atoms with Crippen LogP contribution in [0.15, 0.2) is 18.2 Å². The van der Waals surface area contributed by atoms with Gasteiger partial charge in [-0.15, -0.1) is 0 Å². The van der Waals surface area contributed by atoms with Gasteiger partial charge in [-0.25, -0.2) is 0 Å². The van der Waals surface area contributed by atoms with Gasteiger partial charge in [-0.05, 0) is 44.0 Å². The molecule has 2 rings (SSSR count). The van der Waals surface area contributed by atoms with Gasteiger partial charge in [0.2, 0.25) is 0 Å². The van der Waals surface area contributed by atoms with Crippen LogP contribution in [0, 0.1) is 5.92 Å². The monoisotopic (exact) mass is 296 g/mol. The van der Waals surface area contributed by atoms with E-state index in [1.165, 1.54) is 0 Å². The maximum Gasteiger partial charge on any atom is 0.0476 e. The summed E-state index contributed by atoms with van der Waals surface area (Å²) in [6, 6.07) is 6.60. The van der Waals surface area contributed by atoms with Crippen LogP contribution in [0.2, 0.25) is 5.02 Å². The molecule has 1 aromatic carbocycles. The molecule has 2 N–H and O–H groups in total. The Hall–Kier alpha value is -0.770. The summed E-state index contributed by atoms with van der Waals surface area (Å²) in [7, 11) is 0. The minimum Gasteiger partial charge on any atom is -0.396 e. The second kappa shape index (κ2) is 7.30. The highest BCUT2D eigenvalue weighted by molar-refractivity contribution is 6.31. The zero-order valence-electron chi connectivity index (χ0n) is 12.4. The average Bonchev–Trinajstić information content (AvgIpc) is 2.93. The summed E-state index contributed by atoms with van der Waals surface area (Å²) in [6.07, 6.45) is 2.18. The minimum absolute atomic E-state index is 0.278. The van der Waals surface area contributed by atoms with Gasteiger partial charge < -0.3 is 15.3 Å². The molecule has 1 fully saturated rings. The zero-order valence-corrected chi connectivity index (χ0v) is 13.2. The molecule has 20 heavy (non-hydrogen) atoms. The van der Waals surface area contributed by atoms with E-state index < -0.39 is 0 Å². The van der Waals surface area contributed by atoms with Gasteiger partial charge in [0, 0.05) is 42.4 Å². The molecule has 2 atom stereocenters. The van der Waals surface area contributed by atoms with E-state index in [0.29, 0.717) is 5.92 Å². The Morgan fingerprint density at radius 1 is 1.50 bits per heavy atom. The first-order valence-electron chi connectivity index (χ1n) is 7.54. The van der Waals surface area contributed by atoms with Crippen molar-refractivity contribution < 1.29 is 5.11 Å². The van der Waals surface area contributed by atoms with E-state index in [4.69, 9.17) is 11.6 Å². The number of aliphatic hydroxyl groups is 1. The number of nitrogens with one attached hydrogen (secondary N) is 1. The van der Waals surface area contributed by atoms with Gasteiger partial charge in [-0.2, -0.15) is 0 Å². The Morgan fingerprint density at radius 3 is 2.90 bits per heavy atom. The van der Waals surface area contributed by atoms with Crippen molar-refractivity contribution >= 4 is 17.3 Å². The molecule has 112 valence electrons. The van der Waals surface area contributed by atoms with Crippen molar-refractivity contribution in [3.05, 3.63) is 28.8 Å². The Morgan fingerprint density at radius 2 is 2.30 bits per heavy atom. The van der Waals surface area contributed by atoms with Crippen LogP contribution in [0.4, 0.5) is 5.69 Å². The molecule has 2 unspecified atom stereocenters. The predicted molar refractivity (Wildman–Crippen MR) is 85.6 cm³/mol. The van der Waals surface area contributed by atoms with E-state index in [0.717, 1.165) is 48.7 Å². The number of benzene rings is 1. The van der Waals surface area contributed by atoms with E-state index in [1.807, 2.05) is 0 Å². The molecule has 1 aromatic rings. The lowest BCUT2D eigenvalue weighted by Crippen LogP contribution is -2.22. The van der Waals surface area contributed by atoms with Gasteiger partial charge >= 0.3 is 0 Å². The highest BCUT2D eigenvalue weighted by Gasteiger charge is 2.22. The molecule has 0 aliphatic carbocycles. The Balaban J connectivity index is 2.06. The van der Waals surface area contributed by atoms with Gasteiger partial charge in [-0.1, -0.05) is 24.6 Å². The summed E-state index contributed by atoms with van der Waals surface area (Å²) in [5.74, 6) is 0.401. The predicted octanol–water partition coefficient (Wildman–Crippen LogP) is 3.22. The smallest absolute Gasteiger partial charge is 0.0476 e. The molecular formula is C16H25ClN2O. The van der Waals surface area contributed by atoms with Crippen LogP contribution in [0.1, 0.15) is 38.3 Å². The van der Waals surface area contributed by atoms with Gasteiger partial charge in [0.15, 0.2) is 0 Å². The third-order valence-corrected chi connectivity index (χ3v) is 4.39. The summed E-state index contributed by atoms with van der Waals surface area (Å²) in [6.45, 7) is 7.52. The fourth-order valence-electron chi connectivity index (χ4n) is 2.75. The summed E-state index contributed by atoms with van der Waals surface area (Å²) < 4.78 is 0. The summed E-state index contributed by atoms with van der Waals surface area (Å²) in [5.41, 5.74) is 2.32. The molecule has 3 nitrogen and oxygen atoms in total. The molecule has 4 heteroatoms. The van der Waals surface area contributed by atoms with Crippen molar-refractivity contribution in [1.82, 2.24) is 5.32 Å². The lowest BCUT2D eigenvalue weighted by molar-refractivity contribution is 0.238. The number of hydrogen-bond donors (Lipinski definition) is 2. The number of aliphatic hydroxyl groups excluding tert-OH is 1. The van der Waals surface area contributed by atoms with Gasteiger partial charge in [-0.3, -0.25) is 0 Å². The van der Waals surface area contributed by atoms with Crippen molar-refractivity contribution in [2.24, 2.45) is 5.92 Å². The van der Waals surface area contributed by atoms with E-state index in [2.05, 4.69) is 42.3 Å². The van der Waals surface area contributed by atoms with Crippen molar-refractivity contribution in [1.29, 1.82) is 0 Å². The normalized spacial score (nSPS) is 20.4. The van der Waals surface area contributed by atoms with Crippen molar-refractivity contribution in [2.45, 2.75) is 32.7 Å². The zero-order chi connectivity index (χ0) is 14.5. The first-order valence-corrected chi connectivity index (χ1v) is 7.92. The van der Waals surface area contributed by atoms with E-state index in [1.54, 1.807) is 0 Å². The summed E-state index contributed by atoms with van der Waals surface area (Å²) in [4.78, 5) is 2.31. The molecule has 0 saturated carbocycles. The highest BCUT2D eigenvalue weighted by atomic mass is 35.5. The maximum absolute atomic E-state index is 9.22. The first-order chi connectivity index (χ1) is 9.65. The lowest BCUT2D eigenvalue weighted by atomic mass is 10.1. The van der Waals surface area contributed by atoms with Gasteiger partial charge in [0.1, 0.15) is 0 Å². The Bertz CT molecular complexity index is 438. The number of halogens is 1. The molecule has 1 saturated heterocycles.